The first-order chi connectivity index (χ1) is 44.9. The van der Waals surface area contributed by atoms with E-state index in [0.29, 0.717) is 79.4 Å². The van der Waals surface area contributed by atoms with E-state index in [4.69, 9.17) is 47.4 Å². The summed E-state index contributed by atoms with van der Waals surface area (Å²) in [6.45, 7) is 59.1. The summed E-state index contributed by atoms with van der Waals surface area (Å²) >= 11 is 0. The molecule has 0 N–H and O–H groups in total. The van der Waals surface area contributed by atoms with Gasteiger partial charge in [-0.05, 0) is 253 Å². The highest BCUT2D eigenvalue weighted by atomic mass is 16.5. The highest BCUT2D eigenvalue weighted by Gasteiger charge is 2.16. The van der Waals surface area contributed by atoms with Crippen LogP contribution >= 0.6 is 0 Å². The Morgan fingerprint density at radius 1 is 0.421 bits per heavy atom. The van der Waals surface area contributed by atoms with Crippen LogP contribution in [-0.2, 0) is 54.0 Å². The predicted octanol–water partition coefficient (Wildman–Crippen LogP) is 24.5. The lowest BCUT2D eigenvalue weighted by Gasteiger charge is -2.23. The molecule has 0 heterocycles. The van der Waals surface area contributed by atoms with Gasteiger partial charge in [0.05, 0.1) is 104 Å². The number of allylic oxidation sites excluding steroid dienone is 3. The standard InChI is InChI=1S/C16H18O.C11H16O.C10H14O.C9H18O.C9H16O.C8H18O.C7H14O.C6H14O.C5H12O.C4H10O/c1-13(2)17-16(14-9-5-3-6-10-14)15-11-7-4-8-12-15;1-9(2)12-10(3)11-7-5-4-6-8-11;1-9(2)11-8-10-6-4-3-5-7-10;2*1-8(2)10-9-6-4-3-5-7-9;1-5-8(6-2)9-7(3)4;1-5-7(4)8-6(2)3;1-5(2)7-6(3)4;1-4-6-5(2)3;1-4(2)5-3/h3-13,16H,1-2H3;4-10H,1-3H3;3-7,9H,8H2,1-2H3;8-9H,3-7H2,1-2H3;4,6,8-9H,3,5,7H2,1-2H3;7-8H,5-6H2,1-4H3;5-6H,1-4H3;5-6H,1-4H3;5H,4H2,1-3H3;4H,1-3H3/b;;;;;;7-5+;;;. The monoisotopic (exact) mass is 1330 g/mol. The molecule has 0 saturated heterocycles. The van der Waals surface area contributed by atoms with Crippen molar-refractivity contribution in [1.29, 1.82) is 0 Å². The summed E-state index contributed by atoms with van der Waals surface area (Å²) < 4.78 is 54.2. The Balaban J connectivity index is -0.000000493. The lowest BCUT2D eigenvalue weighted by atomic mass is 9.98. The van der Waals surface area contributed by atoms with E-state index in [1.807, 2.05) is 158 Å². The second-order valence-electron chi connectivity index (χ2n) is 26.7. The fourth-order valence-electron chi connectivity index (χ4n) is 8.94. The molecule has 1 saturated carbocycles. The molecule has 10 heteroatoms. The van der Waals surface area contributed by atoms with Crippen LogP contribution in [0.1, 0.15) is 293 Å². The second kappa shape index (κ2) is 65.7. The van der Waals surface area contributed by atoms with Gasteiger partial charge in [-0.25, -0.2) is 0 Å². The Labute approximate surface area is 588 Å². The summed E-state index contributed by atoms with van der Waals surface area (Å²) in [6, 6.07) is 41.2. The Morgan fingerprint density at radius 2 is 0.832 bits per heavy atom. The van der Waals surface area contributed by atoms with Gasteiger partial charge in [-0.15, -0.1) is 0 Å². The number of benzene rings is 4. The smallest absolute Gasteiger partial charge is 0.108 e. The van der Waals surface area contributed by atoms with Crippen LogP contribution < -0.4 is 0 Å². The van der Waals surface area contributed by atoms with E-state index in [0.717, 1.165) is 31.8 Å². The molecule has 0 aliphatic heterocycles. The molecule has 6 rings (SSSR count). The van der Waals surface area contributed by atoms with Gasteiger partial charge in [0.15, 0.2) is 0 Å². The third-order valence-corrected chi connectivity index (χ3v) is 13.2. The molecule has 1 fully saturated rings. The first kappa shape index (κ1) is 97.2. The largest absolute Gasteiger partial charge is 0.496 e. The van der Waals surface area contributed by atoms with E-state index < -0.39 is 0 Å². The van der Waals surface area contributed by atoms with Gasteiger partial charge in [-0.3, -0.25) is 0 Å². The molecule has 95 heavy (non-hydrogen) atoms. The van der Waals surface area contributed by atoms with Gasteiger partial charge < -0.3 is 47.4 Å². The first-order valence-electron chi connectivity index (χ1n) is 36.7. The number of rotatable bonds is 25. The van der Waals surface area contributed by atoms with Crippen LogP contribution in [0.15, 0.2) is 145 Å². The molecule has 4 aromatic carbocycles. The maximum Gasteiger partial charge on any atom is 0.108 e. The van der Waals surface area contributed by atoms with E-state index in [1.165, 1.54) is 73.6 Å². The summed E-state index contributed by atoms with van der Waals surface area (Å²) in [7, 11) is 1.70. The van der Waals surface area contributed by atoms with Crippen molar-refractivity contribution < 1.29 is 47.4 Å². The molecule has 4 aromatic rings. The SMILES string of the molecule is C/C=C(\C)OC(C)C.CC(C)OC(C)C.CC(C)OC(C)c1ccccc1.CC(C)OC(c1ccccc1)c1ccccc1.CC(C)OC1C=CCCC1.CC(C)OC1CCCCC1.CC(C)OCc1ccccc1.CCC(CC)OC(C)C.CCOC(C)C.COC(C)C. The van der Waals surface area contributed by atoms with E-state index in [2.05, 4.69) is 175 Å². The molecule has 0 amide bonds. The van der Waals surface area contributed by atoms with Gasteiger partial charge in [0, 0.05) is 13.7 Å². The highest BCUT2D eigenvalue weighted by molar-refractivity contribution is 5.30. The molecule has 0 aromatic heterocycles. The lowest BCUT2D eigenvalue weighted by Crippen LogP contribution is -2.20. The molecule has 0 spiro atoms. The van der Waals surface area contributed by atoms with Gasteiger partial charge >= 0.3 is 0 Å². The van der Waals surface area contributed by atoms with Crippen molar-refractivity contribution in [3.05, 3.63) is 168 Å². The van der Waals surface area contributed by atoms with E-state index in [-0.39, 0.29) is 18.3 Å². The van der Waals surface area contributed by atoms with E-state index in [9.17, 15) is 0 Å². The van der Waals surface area contributed by atoms with Crippen LogP contribution in [0.2, 0.25) is 0 Å². The Bertz CT molecular complexity index is 2150. The Morgan fingerprint density at radius 3 is 1.12 bits per heavy atom. The van der Waals surface area contributed by atoms with Crippen LogP contribution in [-0.4, -0.2) is 99.2 Å². The lowest BCUT2D eigenvalue weighted by molar-refractivity contribution is -0.0118. The molecule has 550 valence electrons. The summed E-state index contributed by atoms with van der Waals surface area (Å²) in [5, 5.41) is 0. The molecular formula is C85H150O10. The number of hydrogen-bond acceptors (Lipinski definition) is 10. The third kappa shape index (κ3) is 69.5. The topological polar surface area (TPSA) is 92.3 Å². The van der Waals surface area contributed by atoms with Crippen molar-refractivity contribution in [2.24, 2.45) is 0 Å². The van der Waals surface area contributed by atoms with E-state index >= 15 is 0 Å². The van der Waals surface area contributed by atoms with Crippen molar-refractivity contribution in [1.82, 2.24) is 0 Å². The normalized spacial score (nSPS) is 14.0. The molecule has 2 aliphatic rings. The van der Waals surface area contributed by atoms with Crippen LogP contribution in [0, 0.1) is 0 Å². The molecule has 2 atom stereocenters. The summed E-state index contributed by atoms with van der Waals surface area (Å²) in [4.78, 5) is 0. The quantitative estimate of drug-likeness (QED) is 0.0472. The molecular weight excluding hydrogens is 1180 g/mol. The van der Waals surface area contributed by atoms with Crippen molar-refractivity contribution in [2.45, 2.75) is 362 Å². The average molecular weight is 1330 g/mol. The minimum atomic E-state index is 0.0254. The number of methoxy groups -OCH3 is 1. The van der Waals surface area contributed by atoms with Crippen molar-refractivity contribution in [3.8, 4) is 0 Å². The fourth-order valence-corrected chi connectivity index (χ4v) is 8.94. The minimum Gasteiger partial charge on any atom is -0.496 e. The number of hydrogen-bond donors (Lipinski definition) is 0. The summed E-state index contributed by atoms with van der Waals surface area (Å²) in [5.74, 6) is 1.00. The zero-order chi connectivity index (χ0) is 72.9. The third-order valence-electron chi connectivity index (χ3n) is 13.2. The molecule has 2 aliphatic carbocycles. The predicted molar refractivity (Wildman–Crippen MR) is 411 cm³/mol. The average Bonchev–Trinajstić information content (AvgIpc) is 1.03. The van der Waals surface area contributed by atoms with Crippen molar-refractivity contribution in [3.63, 3.8) is 0 Å². The van der Waals surface area contributed by atoms with Crippen LogP contribution in [0.3, 0.4) is 0 Å². The van der Waals surface area contributed by atoms with Gasteiger partial charge in [0.1, 0.15) is 6.10 Å². The van der Waals surface area contributed by atoms with Crippen molar-refractivity contribution in [2.75, 3.05) is 13.7 Å². The van der Waals surface area contributed by atoms with E-state index in [1.54, 1.807) is 7.11 Å². The number of ether oxygens (including phenoxy) is 10. The maximum atomic E-state index is 6.02. The van der Waals surface area contributed by atoms with Gasteiger partial charge in [-0.2, -0.15) is 0 Å². The molecule has 2 unspecified atom stereocenters. The van der Waals surface area contributed by atoms with Crippen LogP contribution in [0.4, 0.5) is 0 Å². The van der Waals surface area contributed by atoms with Gasteiger partial charge in [0.25, 0.3) is 0 Å². The van der Waals surface area contributed by atoms with Crippen LogP contribution in [0.25, 0.3) is 0 Å². The first-order valence-corrected chi connectivity index (χ1v) is 36.7. The summed E-state index contributed by atoms with van der Waals surface area (Å²) in [5.41, 5.74) is 4.88. The summed E-state index contributed by atoms with van der Waals surface area (Å²) in [6.07, 6.45) is 24.6. The maximum absolute atomic E-state index is 6.02. The zero-order valence-corrected chi connectivity index (χ0v) is 66.6. The minimum absolute atomic E-state index is 0.0254. The Kier molecular flexibility index (Phi) is 67.2. The highest BCUT2D eigenvalue weighted by Crippen LogP contribution is 2.27. The molecule has 0 bridgehead atoms. The zero-order valence-electron chi connectivity index (χ0n) is 66.6. The Hall–Kier alpha value is -4.20. The second-order valence-corrected chi connectivity index (χ2v) is 26.7. The molecule has 0 radical (unpaired) electrons. The van der Waals surface area contributed by atoms with Crippen molar-refractivity contribution >= 4 is 0 Å². The van der Waals surface area contributed by atoms with Gasteiger partial charge in [-0.1, -0.05) is 167 Å². The molecule has 10 nitrogen and oxygen atoms in total. The van der Waals surface area contributed by atoms with Gasteiger partial charge in [0.2, 0.25) is 0 Å². The fraction of sp³-hybridized carbons (Fsp3) is 0.671. The van der Waals surface area contributed by atoms with Crippen LogP contribution in [0.5, 0.6) is 0 Å².